The molecule has 0 saturated carbocycles. The van der Waals surface area contributed by atoms with Gasteiger partial charge in [0.25, 0.3) is 0 Å². The number of rotatable bonds is 3. The molecule has 0 aliphatic rings. The van der Waals surface area contributed by atoms with Gasteiger partial charge in [0.15, 0.2) is 12.2 Å². The standard InChI is InChI=1S/C13H16N2O/c1-9-4-5-10(2)11(6-9)13-12(7-14-3)15-8-16-13/h4-6,8,14H,7H2,1-3H3. The zero-order chi connectivity index (χ0) is 11.5. The number of benzene rings is 1. The van der Waals surface area contributed by atoms with Gasteiger partial charge in [-0.25, -0.2) is 4.98 Å². The van der Waals surface area contributed by atoms with Gasteiger partial charge in [-0.2, -0.15) is 0 Å². The highest BCUT2D eigenvalue weighted by Gasteiger charge is 2.12. The highest BCUT2D eigenvalue weighted by molar-refractivity contribution is 5.64. The lowest BCUT2D eigenvalue weighted by Crippen LogP contribution is -2.06. The third-order valence-corrected chi connectivity index (χ3v) is 2.62. The first-order valence-electron chi connectivity index (χ1n) is 5.37. The zero-order valence-electron chi connectivity index (χ0n) is 9.87. The lowest BCUT2D eigenvalue weighted by molar-refractivity contribution is 0.570. The molecule has 2 rings (SSSR count). The van der Waals surface area contributed by atoms with Crippen molar-refractivity contribution in [2.75, 3.05) is 7.05 Å². The minimum Gasteiger partial charge on any atom is -0.443 e. The first-order valence-corrected chi connectivity index (χ1v) is 5.37. The molecule has 0 aliphatic carbocycles. The van der Waals surface area contributed by atoms with E-state index in [1.165, 1.54) is 17.5 Å². The topological polar surface area (TPSA) is 38.1 Å². The molecule has 3 heteroatoms. The fourth-order valence-electron chi connectivity index (χ4n) is 1.76. The molecule has 3 nitrogen and oxygen atoms in total. The second-order valence-corrected chi connectivity index (χ2v) is 3.98. The summed E-state index contributed by atoms with van der Waals surface area (Å²) in [5, 5.41) is 3.09. The second kappa shape index (κ2) is 4.49. The van der Waals surface area contributed by atoms with E-state index < -0.39 is 0 Å². The van der Waals surface area contributed by atoms with E-state index in [2.05, 4.69) is 42.3 Å². The molecule has 0 saturated heterocycles. The number of nitrogens with one attached hydrogen (secondary N) is 1. The van der Waals surface area contributed by atoms with Gasteiger partial charge in [-0.1, -0.05) is 17.7 Å². The molecule has 0 amide bonds. The van der Waals surface area contributed by atoms with Crippen molar-refractivity contribution in [3.8, 4) is 11.3 Å². The predicted molar refractivity (Wildman–Crippen MR) is 64.2 cm³/mol. The third kappa shape index (κ3) is 1.99. The average Bonchev–Trinajstić information content (AvgIpc) is 2.70. The summed E-state index contributed by atoms with van der Waals surface area (Å²) in [5.41, 5.74) is 4.52. The van der Waals surface area contributed by atoms with E-state index >= 15 is 0 Å². The van der Waals surface area contributed by atoms with Gasteiger partial charge in [-0.3, -0.25) is 0 Å². The second-order valence-electron chi connectivity index (χ2n) is 3.98. The van der Waals surface area contributed by atoms with E-state index in [1.807, 2.05) is 7.05 Å². The normalized spacial score (nSPS) is 10.7. The maximum atomic E-state index is 5.49. The first kappa shape index (κ1) is 10.9. The zero-order valence-corrected chi connectivity index (χ0v) is 9.87. The Morgan fingerprint density at radius 1 is 1.31 bits per heavy atom. The van der Waals surface area contributed by atoms with Crippen molar-refractivity contribution in [1.82, 2.24) is 10.3 Å². The van der Waals surface area contributed by atoms with Crippen molar-refractivity contribution in [3.63, 3.8) is 0 Å². The van der Waals surface area contributed by atoms with Gasteiger partial charge in [-0.05, 0) is 32.5 Å². The molecule has 16 heavy (non-hydrogen) atoms. The maximum Gasteiger partial charge on any atom is 0.181 e. The van der Waals surface area contributed by atoms with Crippen LogP contribution < -0.4 is 5.32 Å². The molecule has 1 heterocycles. The van der Waals surface area contributed by atoms with Crippen molar-refractivity contribution in [2.45, 2.75) is 20.4 Å². The molecule has 0 unspecified atom stereocenters. The van der Waals surface area contributed by atoms with E-state index in [0.717, 1.165) is 23.6 Å². The number of aryl methyl sites for hydroxylation is 2. The summed E-state index contributed by atoms with van der Waals surface area (Å²) >= 11 is 0. The monoisotopic (exact) mass is 216 g/mol. The fraction of sp³-hybridized carbons (Fsp3) is 0.308. The molecule has 0 atom stereocenters. The van der Waals surface area contributed by atoms with E-state index in [1.54, 1.807) is 0 Å². The SMILES string of the molecule is CNCc1ncoc1-c1cc(C)ccc1C. The Hall–Kier alpha value is -1.61. The molecule has 0 spiro atoms. The Morgan fingerprint density at radius 2 is 2.12 bits per heavy atom. The van der Waals surface area contributed by atoms with Crippen LogP contribution in [0.1, 0.15) is 16.8 Å². The number of nitrogens with zero attached hydrogens (tertiary/aromatic N) is 1. The Bertz CT molecular complexity index is 488. The van der Waals surface area contributed by atoms with Crippen LogP contribution in [0.4, 0.5) is 0 Å². The molecule has 1 aromatic heterocycles. The van der Waals surface area contributed by atoms with Crippen molar-refractivity contribution in [1.29, 1.82) is 0 Å². The number of oxazole rings is 1. The van der Waals surface area contributed by atoms with E-state index in [-0.39, 0.29) is 0 Å². The van der Waals surface area contributed by atoms with Gasteiger partial charge in [0.1, 0.15) is 5.69 Å². The van der Waals surface area contributed by atoms with Crippen LogP contribution >= 0.6 is 0 Å². The Balaban J connectivity index is 2.49. The van der Waals surface area contributed by atoms with Crippen LogP contribution in [0.3, 0.4) is 0 Å². The summed E-state index contributed by atoms with van der Waals surface area (Å²) < 4.78 is 5.49. The quantitative estimate of drug-likeness (QED) is 0.857. The fourth-order valence-corrected chi connectivity index (χ4v) is 1.76. The molecule has 1 N–H and O–H groups in total. The Kier molecular flexibility index (Phi) is 3.06. The molecule has 0 aliphatic heterocycles. The maximum absolute atomic E-state index is 5.49. The molecular weight excluding hydrogens is 200 g/mol. The van der Waals surface area contributed by atoms with Crippen LogP contribution in [0.5, 0.6) is 0 Å². The summed E-state index contributed by atoms with van der Waals surface area (Å²) in [7, 11) is 1.90. The van der Waals surface area contributed by atoms with Crippen molar-refractivity contribution in [2.24, 2.45) is 0 Å². The van der Waals surface area contributed by atoms with E-state index in [9.17, 15) is 0 Å². The molecule has 1 aromatic carbocycles. The van der Waals surface area contributed by atoms with Crippen molar-refractivity contribution < 1.29 is 4.42 Å². The summed E-state index contributed by atoms with van der Waals surface area (Å²) in [4.78, 5) is 4.22. The summed E-state index contributed by atoms with van der Waals surface area (Å²) in [6.45, 7) is 4.89. The lowest BCUT2D eigenvalue weighted by Gasteiger charge is -2.05. The van der Waals surface area contributed by atoms with Crippen LogP contribution in [-0.4, -0.2) is 12.0 Å². The van der Waals surface area contributed by atoms with Gasteiger partial charge in [0, 0.05) is 12.1 Å². The minimum atomic E-state index is 0.721. The molecule has 84 valence electrons. The number of aromatic nitrogens is 1. The largest absolute Gasteiger partial charge is 0.443 e. The third-order valence-electron chi connectivity index (χ3n) is 2.62. The van der Waals surface area contributed by atoms with Crippen molar-refractivity contribution in [3.05, 3.63) is 41.4 Å². The highest BCUT2D eigenvalue weighted by Crippen LogP contribution is 2.27. The van der Waals surface area contributed by atoms with Gasteiger partial charge >= 0.3 is 0 Å². The van der Waals surface area contributed by atoms with Gasteiger partial charge < -0.3 is 9.73 Å². The van der Waals surface area contributed by atoms with Crippen LogP contribution in [0.25, 0.3) is 11.3 Å². The lowest BCUT2D eigenvalue weighted by atomic mass is 10.0. The summed E-state index contributed by atoms with van der Waals surface area (Å²) in [6, 6.07) is 6.35. The van der Waals surface area contributed by atoms with Gasteiger partial charge in [-0.15, -0.1) is 0 Å². The average molecular weight is 216 g/mol. The molecule has 0 fully saturated rings. The van der Waals surface area contributed by atoms with Crippen molar-refractivity contribution >= 4 is 0 Å². The molecule has 0 radical (unpaired) electrons. The Morgan fingerprint density at radius 3 is 2.88 bits per heavy atom. The first-order chi connectivity index (χ1) is 7.72. The number of hydrogen-bond donors (Lipinski definition) is 1. The van der Waals surface area contributed by atoms with E-state index in [4.69, 9.17) is 4.42 Å². The van der Waals surface area contributed by atoms with Crippen LogP contribution in [0, 0.1) is 13.8 Å². The van der Waals surface area contributed by atoms with Crippen LogP contribution in [0.15, 0.2) is 29.0 Å². The number of hydrogen-bond acceptors (Lipinski definition) is 3. The smallest absolute Gasteiger partial charge is 0.181 e. The molecular formula is C13H16N2O. The van der Waals surface area contributed by atoms with Gasteiger partial charge in [0.05, 0.1) is 0 Å². The van der Waals surface area contributed by atoms with Gasteiger partial charge in [0.2, 0.25) is 0 Å². The Labute approximate surface area is 95.5 Å². The predicted octanol–water partition coefficient (Wildman–Crippen LogP) is 2.68. The summed E-state index contributed by atoms with van der Waals surface area (Å²) in [5.74, 6) is 0.871. The molecule has 2 aromatic rings. The summed E-state index contributed by atoms with van der Waals surface area (Å²) in [6.07, 6.45) is 1.50. The van der Waals surface area contributed by atoms with E-state index in [0.29, 0.717) is 0 Å². The van der Waals surface area contributed by atoms with Crippen LogP contribution in [-0.2, 0) is 6.54 Å². The van der Waals surface area contributed by atoms with Crippen LogP contribution in [0.2, 0.25) is 0 Å². The minimum absolute atomic E-state index is 0.721. The highest BCUT2D eigenvalue weighted by atomic mass is 16.3. The molecule has 0 bridgehead atoms.